The lowest BCUT2D eigenvalue weighted by Gasteiger charge is -2.10. The van der Waals surface area contributed by atoms with Crippen molar-refractivity contribution < 1.29 is 14.2 Å². The van der Waals surface area contributed by atoms with Crippen LogP contribution in [0.4, 0.5) is 15.2 Å². The van der Waals surface area contributed by atoms with Crippen molar-refractivity contribution in [3.05, 3.63) is 66.0 Å². The van der Waals surface area contributed by atoms with Gasteiger partial charge >= 0.3 is 0 Å². The van der Waals surface area contributed by atoms with Gasteiger partial charge in [-0.1, -0.05) is 59.5 Å². The molecule has 0 amide bonds. The molecule has 2 N–H and O–H groups in total. The molecule has 1 atom stereocenters. The Balaban J connectivity index is 1.39. The summed E-state index contributed by atoms with van der Waals surface area (Å²) in [6.07, 6.45) is -0.666. The molecule has 0 unspecified atom stereocenters. The zero-order valence-electron chi connectivity index (χ0n) is 13.8. The summed E-state index contributed by atoms with van der Waals surface area (Å²) in [7, 11) is 0. The van der Waals surface area contributed by atoms with Crippen molar-refractivity contribution in [3.63, 3.8) is 0 Å². The molecule has 0 bridgehead atoms. The Morgan fingerprint density at radius 2 is 1.88 bits per heavy atom. The van der Waals surface area contributed by atoms with Gasteiger partial charge in [-0.25, -0.2) is 4.39 Å². The molecular formula is C18H18FN3O2S2. The Labute approximate surface area is 159 Å². The zero-order valence-corrected chi connectivity index (χ0v) is 15.5. The number of hydrogen-bond acceptors (Lipinski definition) is 7. The van der Waals surface area contributed by atoms with Crippen LogP contribution in [0, 0.1) is 5.82 Å². The van der Waals surface area contributed by atoms with Gasteiger partial charge in [0.1, 0.15) is 5.82 Å². The number of thioether (sulfide) groups is 1. The molecule has 3 aromatic rings. The number of ether oxygens (including phenoxy) is 1. The van der Waals surface area contributed by atoms with Crippen LogP contribution < -0.4 is 5.32 Å². The van der Waals surface area contributed by atoms with Crippen molar-refractivity contribution in [1.82, 2.24) is 10.2 Å². The molecule has 0 fully saturated rings. The number of aliphatic hydroxyl groups excluding tert-OH is 1. The third-order valence-corrected chi connectivity index (χ3v) is 5.47. The van der Waals surface area contributed by atoms with Crippen molar-refractivity contribution >= 4 is 33.9 Å². The first-order valence-corrected chi connectivity index (χ1v) is 9.78. The quantitative estimate of drug-likeness (QED) is 0.536. The number of rotatable bonds is 9. The molecule has 26 heavy (non-hydrogen) atoms. The molecule has 0 saturated carbocycles. The highest BCUT2D eigenvalue weighted by molar-refractivity contribution is 8.01. The van der Waals surface area contributed by atoms with Crippen LogP contribution in [0.3, 0.4) is 0 Å². The predicted molar refractivity (Wildman–Crippen MR) is 102 cm³/mol. The normalized spacial score (nSPS) is 12.1. The molecular weight excluding hydrogens is 373 g/mol. The van der Waals surface area contributed by atoms with Crippen LogP contribution in [0.5, 0.6) is 0 Å². The van der Waals surface area contributed by atoms with Gasteiger partial charge in [-0.05, 0) is 18.2 Å². The Bertz CT molecular complexity index is 817. The highest BCUT2D eigenvalue weighted by Crippen LogP contribution is 2.28. The molecule has 0 aliphatic carbocycles. The third-order valence-electron chi connectivity index (χ3n) is 3.36. The second kappa shape index (κ2) is 9.63. The van der Waals surface area contributed by atoms with Gasteiger partial charge in [0.25, 0.3) is 0 Å². The van der Waals surface area contributed by atoms with Crippen molar-refractivity contribution in [2.24, 2.45) is 0 Å². The summed E-state index contributed by atoms with van der Waals surface area (Å²) in [5, 5.41) is 22.1. The largest absolute Gasteiger partial charge is 0.390 e. The van der Waals surface area contributed by atoms with Crippen molar-refractivity contribution in [3.8, 4) is 0 Å². The summed E-state index contributed by atoms with van der Waals surface area (Å²) in [5.74, 6) is 0.126. The number of nitrogens with zero attached hydrogens (tertiary/aromatic N) is 2. The van der Waals surface area contributed by atoms with E-state index in [1.807, 2.05) is 30.3 Å². The van der Waals surface area contributed by atoms with Crippen molar-refractivity contribution in [2.45, 2.75) is 17.1 Å². The van der Waals surface area contributed by atoms with Crippen LogP contribution in [0.25, 0.3) is 0 Å². The smallest absolute Gasteiger partial charge is 0.210 e. The maximum atomic E-state index is 13.5. The molecule has 136 valence electrons. The van der Waals surface area contributed by atoms with E-state index in [0.29, 0.717) is 16.4 Å². The number of aliphatic hydroxyl groups is 1. The molecule has 0 saturated heterocycles. The van der Waals surface area contributed by atoms with E-state index < -0.39 is 6.10 Å². The number of hydrogen-bond donors (Lipinski definition) is 2. The SMILES string of the molecule is O[C@@H](COCc1ccccc1F)CSc1nnc(Nc2ccccc2)s1. The monoisotopic (exact) mass is 391 g/mol. The van der Waals surface area contributed by atoms with Gasteiger partial charge in [0.15, 0.2) is 4.34 Å². The average Bonchev–Trinajstić information content (AvgIpc) is 3.10. The summed E-state index contributed by atoms with van der Waals surface area (Å²) in [5.41, 5.74) is 1.43. The fourth-order valence-corrected chi connectivity index (χ4v) is 3.80. The summed E-state index contributed by atoms with van der Waals surface area (Å²) >= 11 is 2.83. The van der Waals surface area contributed by atoms with Gasteiger partial charge in [-0.15, -0.1) is 10.2 Å². The lowest BCUT2D eigenvalue weighted by atomic mass is 10.2. The Morgan fingerprint density at radius 1 is 1.12 bits per heavy atom. The van der Waals surface area contributed by atoms with Gasteiger partial charge in [0.2, 0.25) is 5.13 Å². The van der Waals surface area contributed by atoms with Crippen molar-refractivity contribution in [2.75, 3.05) is 17.7 Å². The molecule has 1 heterocycles. The number of aromatic nitrogens is 2. The van der Waals surface area contributed by atoms with E-state index in [4.69, 9.17) is 4.74 Å². The first-order valence-electron chi connectivity index (χ1n) is 7.98. The van der Waals surface area contributed by atoms with Crippen molar-refractivity contribution in [1.29, 1.82) is 0 Å². The van der Waals surface area contributed by atoms with E-state index in [9.17, 15) is 9.50 Å². The van der Waals surface area contributed by atoms with Gasteiger partial charge in [-0.3, -0.25) is 0 Å². The second-order valence-electron chi connectivity index (χ2n) is 5.44. The maximum Gasteiger partial charge on any atom is 0.210 e. The maximum absolute atomic E-state index is 13.5. The summed E-state index contributed by atoms with van der Waals surface area (Å²) in [6, 6.07) is 16.2. The number of para-hydroxylation sites is 1. The zero-order chi connectivity index (χ0) is 18.2. The molecule has 0 radical (unpaired) electrons. The van der Waals surface area contributed by atoms with Gasteiger partial charge in [0, 0.05) is 17.0 Å². The predicted octanol–water partition coefficient (Wildman–Crippen LogP) is 4.09. The highest BCUT2D eigenvalue weighted by atomic mass is 32.2. The van der Waals surface area contributed by atoms with Crippen LogP contribution in [-0.2, 0) is 11.3 Å². The van der Waals surface area contributed by atoms with Gasteiger partial charge in [0.05, 0.1) is 19.3 Å². The molecule has 8 heteroatoms. The number of anilines is 2. The van der Waals surface area contributed by atoms with E-state index in [1.165, 1.54) is 29.2 Å². The van der Waals surface area contributed by atoms with E-state index in [-0.39, 0.29) is 19.0 Å². The molecule has 0 aliphatic heterocycles. The Kier molecular flexibility index (Phi) is 6.96. The highest BCUT2D eigenvalue weighted by Gasteiger charge is 2.10. The molecule has 5 nitrogen and oxygen atoms in total. The Hall–Kier alpha value is -2.00. The second-order valence-corrected chi connectivity index (χ2v) is 7.68. The fraction of sp³-hybridized carbons (Fsp3) is 0.222. The number of nitrogens with one attached hydrogen (secondary N) is 1. The van der Waals surface area contributed by atoms with Gasteiger partial charge < -0.3 is 15.2 Å². The lowest BCUT2D eigenvalue weighted by molar-refractivity contribution is 0.0387. The van der Waals surface area contributed by atoms with Gasteiger partial charge in [-0.2, -0.15) is 0 Å². The molecule has 0 spiro atoms. The van der Waals surface area contributed by atoms with Crippen LogP contribution in [0.15, 0.2) is 58.9 Å². The molecule has 2 aromatic carbocycles. The molecule has 0 aliphatic rings. The minimum atomic E-state index is -0.666. The van der Waals surface area contributed by atoms with E-state index in [0.717, 1.165) is 10.0 Å². The minimum Gasteiger partial charge on any atom is -0.390 e. The van der Waals surface area contributed by atoms with Crippen LogP contribution in [-0.4, -0.2) is 33.8 Å². The Morgan fingerprint density at radius 3 is 2.69 bits per heavy atom. The third kappa shape index (κ3) is 5.77. The summed E-state index contributed by atoms with van der Waals surface area (Å²) in [4.78, 5) is 0. The van der Waals surface area contributed by atoms with E-state index in [2.05, 4.69) is 15.5 Å². The number of benzene rings is 2. The average molecular weight is 391 g/mol. The fourth-order valence-electron chi connectivity index (χ4n) is 2.10. The minimum absolute atomic E-state index is 0.134. The van der Waals surface area contributed by atoms with Crippen LogP contribution >= 0.6 is 23.1 Å². The number of halogens is 1. The lowest BCUT2D eigenvalue weighted by Crippen LogP contribution is -2.18. The molecule has 3 rings (SSSR count). The topological polar surface area (TPSA) is 67.3 Å². The van der Waals surface area contributed by atoms with Crippen LogP contribution in [0.2, 0.25) is 0 Å². The standard InChI is InChI=1S/C18H18FN3O2S2/c19-16-9-5-4-6-13(16)10-24-11-15(23)12-25-18-22-21-17(26-18)20-14-7-2-1-3-8-14/h1-9,15,23H,10-12H2,(H,20,21)/t15-/m0/s1. The van der Waals surface area contributed by atoms with E-state index >= 15 is 0 Å². The van der Waals surface area contributed by atoms with Crippen LogP contribution in [0.1, 0.15) is 5.56 Å². The first kappa shape index (κ1) is 18.8. The summed E-state index contributed by atoms with van der Waals surface area (Å²) in [6.45, 7) is 0.271. The molecule has 1 aromatic heterocycles. The summed E-state index contributed by atoms with van der Waals surface area (Å²) < 4.78 is 19.6. The first-order chi connectivity index (χ1) is 12.7. The van der Waals surface area contributed by atoms with E-state index in [1.54, 1.807) is 18.2 Å².